The number of hydrogen-bond acceptors (Lipinski definition) is 4. The molecule has 3 aromatic carbocycles. The number of hydrogen-bond donors (Lipinski definition) is 1. The lowest BCUT2D eigenvalue weighted by Crippen LogP contribution is -2.48. The standard InChI is InChI=1S/C30H35N3O3/c1-23-14-16-25(17-15-23)31-21-29(34)33-19-9-8-18-32(2)30(35)27-12-6-7-13-28(27)36-22-26(33)20-24-10-4-3-5-11-24/h3-7,10-17,26,31H,8-9,18-22H2,1-2H3/t26-/m0/s1. The molecular weight excluding hydrogens is 450 g/mol. The van der Waals surface area contributed by atoms with E-state index in [2.05, 4.69) is 17.4 Å². The number of anilines is 1. The van der Waals surface area contributed by atoms with Gasteiger partial charge in [-0.15, -0.1) is 0 Å². The first kappa shape index (κ1) is 25.3. The molecule has 1 heterocycles. The lowest BCUT2D eigenvalue weighted by Gasteiger charge is -2.33. The molecule has 6 heteroatoms. The van der Waals surface area contributed by atoms with Crippen LogP contribution in [0.1, 0.15) is 34.3 Å². The molecule has 0 spiro atoms. The van der Waals surface area contributed by atoms with E-state index in [-0.39, 0.29) is 24.4 Å². The third-order valence-corrected chi connectivity index (χ3v) is 6.61. The van der Waals surface area contributed by atoms with Gasteiger partial charge in [0, 0.05) is 25.8 Å². The Labute approximate surface area is 213 Å². The molecule has 188 valence electrons. The minimum Gasteiger partial charge on any atom is -0.491 e. The van der Waals surface area contributed by atoms with Gasteiger partial charge < -0.3 is 19.9 Å². The Kier molecular flexibility index (Phi) is 8.61. The van der Waals surface area contributed by atoms with Crippen LogP contribution in [-0.4, -0.2) is 60.9 Å². The number of carbonyl (C=O) groups is 2. The van der Waals surface area contributed by atoms with Gasteiger partial charge in [0.1, 0.15) is 12.4 Å². The molecule has 1 aliphatic heterocycles. The van der Waals surface area contributed by atoms with Crippen molar-refractivity contribution in [1.82, 2.24) is 9.80 Å². The van der Waals surface area contributed by atoms with E-state index in [1.54, 1.807) is 11.0 Å². The second-order valence-corrected chi connectivity index (χ2v) is 9.39. The van der Waals surface area contributed by atoms with Crippen molar-refractivity contribution in [3.63, 3.8) is 0 Å². The summed E-state index contributed by atoms with van der Waals surface area (Å²) in [6.45, 7) is 3.80. The highest BCUT2D eigenvalue weighted by atomic mass is 16.5. The van der Waals surface area contributed by atoms with Crippen LogP contribution in [0.15, 0.2) is 78.9 Å². The van der Waals surface area contributed by atoms with Gasteiger partial charge in [0.25, 0.3) is 5.91 Å². The topological polar surface area (TPSA) is 61.9 Å². The van der Waals surface area contributed by atoms with Crippen molar-refractivity contribution in [2.75, 3.05) is 38.6 Å². The van der Waals surface area contributed by atoms with Gasteiger partial charge in [0.15, 0.2) is 0 Å². The average Bonchev–Trinajstić information content (AvgIpc) is 2.90. The number of nitrogens with zero attached hydrogens (tertiary/aromatic N) is 2. The molecule has 0 aliphatic carbocycles. The Hall–Kier alpha value is -3.80. The zero-order valence-corrected chi connectivity index (χ0v) is 21.2. The van der Waals surface area contributed by atoms with Crippen LogP contribution in [0.2, 0.25) is 0 Å². The Morgan fingerprint density at radius 3 is 2.42 bits per heavy atom. The molecule has 0 fully saturated rings. The summed E-state index contributed by atoms with van der Waals surface area (Å²) in [7, 11) is 1.82. The molecule has 1 atom stereocenters. The van der Waals surface area contributed by atoms with Crippen molar-refractivity contribution in [1.29, 1.82) is 0 Å². The van der Waals surface area contributed by atoms with E-state index in [9.17, 15) is 9.59 Å². The van der Waals surface area contributed by atoms with Crippen LogP contribution in [0.5, 0.6) is 5.75 Å². The third-order valence-electron chi connectivity index (χ3n) is 6.61. The molecule has 1 aliphatic rings. The summed E-state index contributed by atoms with van der Waals surface area (Å²) in [5.41, 5.74) is 3.80. The molecule has 0 radical (unpaired) electrons. The molecular formula is C30H35N3O3. The van der Waals surface area contributed by atoms with E-state index in [1.165, 1.54) is 5.56 Å². The summed E-state index contributed by atoms with van der Waals surface area (Å²) in [4.78, 5) is 30.3. The minimum absolute atomic E-state index is 0.0369. The monoisotopic (exact) mass is 485 g/mol. The smallest absolute Gasteiger partial charge is 0.257 e. The molecule has 0 bridgehead atoms. The molecule has 0 saturated heterocycles. The predicted molar refractivity (Wildman–Crippen MR) is 143 cm³/mol. The number of carbonyl (C=O) groups excluding carboxylic acids is 2. The fourth-order valence-corrected chi connectivity index (χ4v) is 4.50. The summed E-state index contributed by atoms with van der Waals surface area (Å²) < 4.78 is 6.26. The second-order valence-electron chi connectivity index (χ2n) is 9.39. The van der Waals surface area contributed by atoms with Gasteiger partial charge >= 0.3 is 0 Å². The van der Waals surface area contributed by atoms with Crippen molar-refractivity contribution < 1.29 is 14.3 Å². The molecule has 0 aromatic heterocycles. The number of amides is 2. The maximum Gasteiger partial charge on any atom is 0.257 e. The van der Waals surface area contributed by atoms with Crippen LogP contribution in [0.3, 0.4) is 0 Å². The summed E-state index contributed by atoms with van der Waals surface area (Å²) in [5, 5.41) is 3.28. The summed E-state index contributed by atoms with van der Waals surface area (Å²) in [5.74, 6) is 0.550. The fourth-order valence-electron chi connectivity index (χ4n) is 4.50. The van der Waals surface area contributed by atoms with Crippen LogP contribution in [-0.2, 0) is 11.2 Å². The number of benzene rings is 3. The number of para-hydroxylation sites is 1. The first-order valence-electron chi connectivity index (χ1n) is 12.6. The maximum atomic E-state index is 13.6. The Balaban J connectivity index is 1.58. The number of aryl methyl sites for hydroxylation is 1. The molecule has 3 aromatic rings. The zero-order chi connectivity index (χ0) is 25.3. The number of ether oxygens (including phenoxy) is 1. The van der Waals surface area contributed by atoms with Crippen molar-refractivity contribution >= 4 is 17.5 Å². The quantitative estimate of drug-likeness (QED) is 0.564. The van der Waals surface area contributed by atoms with Crippen LogP contribution in [0.4, 0.5) is 5.69 Å². The van der Waals surface area contributed by atoms with Gasteiger partial charge in [-0.2, -0.15) is 0 Å². The van der Waals surface area contributed by atoms with E-state index < -0.39 is 0 Å². The van der Waals surface area contributed by atoms with Gasteiger partial charge in [-0.05, 0) is 56.0 Å². The van der Waals surface area contributed by atoms with Crippen LogP contribution in [0.25, 0.3) is 0 Å². The lowest BCUT2D eigenvalue weighted by molar-refractivity contribution is -0.132. The van der Waals surface area contributed by atoms with Gasteiger partial charge in [-0.25, -0.2) is 0 Å². The third kappa shape index (κ3) is 6.66. The average molecular weight is 486 g/mol. The van der Waals surface area contributed by atoms with Crippen LogP contribution < -0.4 is 10.1 Å². The predicted octanol–water partition coefficient (Wildman–Crippen LogP) is 4.79. The number of fused-ring (bicyclic) bond motifs is 1. The minimum atomic E-state index is -0.167. The van der Waals surface area contributed by atoms with Gasteiger partial charge in [0.2, 0.25) is 5.91 Å². The molecule has 2 amide bonds. The van der Waals surface area contributed by atoms with Crippen molar-refractivity contribution in [3.05, 3.63) is 95.6 Å². The van der Waals surface area contributed by atoms with E-state index in [0.717, 1.165) is 24.1 Å². The largest absolute Gasteiger partial charge is 0.491 e. The first-order valence-corrected chi connectivity index (χ1v) is 12.6. The molecule has 36 heavy (non-hydrogen) atoms. The molecule has 1 N–H and O–H groups in total. The fraction of sp³-hybridized carbons (Fsp3) is 0.333. The Morgan fingerprint density at radius 1 is 0.944 bits per heavy atom. The first-order chi connectivity index (χ1) is 17.5. The van der Waals surface area contributed by atoms with E-state index >= 15 is 0 Å². The van der Waals surface area contributed by atoms with Crippen molar-refractivity contribution in [3.8, 4) is 5.75 Å². The van der Waals surface area contributed by atoms with E-state index in [1.807, 2.05) is 79.5 Å². The van der Waals surface area contributed by atoms with Gasteiger partial charge in [0.05, 0.1) is 18.2 Å². The molecule has 6 nitrogen and oxygen atoms in total. The van der Waals surface area contributed by atoms with E-state index in [4.69, 9.17) is 4.74 Å². The molecule has 0 saturated carbocycles. The number of nitrogens with one attached hydrogen (secondary N) is 1. The van der Waals surface area contributed by atoms with Crippen LogP contribution in [0, 0.1) is 6.92 Å². The lowest BCUT2D eigenvalue weighted by atomic mass is 10.0. The van der Waals surface area contributed by atoms with Gasteiger partial charge in [-0.3, -0.25) is 9.59 Å². The van der Waals surface area contributed by atoms with Crippen molar-refractivity contribution in [2.24, 2.45) is 0 Å². The Bertz CT molecular complexity index is 1150. The van der Waals surface area contributed by atoms with E-state index in [0.29, 0.717) is 37.4 Å². The Morgan fingerprint density at radius 2 is 1.64 bits per heavy atom. The van der Waals surface area contributed by atoms with Gasteiger partial charge in [-0.1, -0.05) is 60.2 Å². The van der Waals surface area contributed by atoms with Crippen molar-refractivity contribution in [2.45, 2.75) is 32.2 Å². The zero-order valence-electron chi connectivity index (χ0n) is 21.2. The second kappa shape index (κ2) is 12.2. The summed E-state index contributed by atoms with van der Waals surface area (Å²) >= 11 is 0. The summed E-state index contributed by atoms with van der Waals surface area (Å²) in [6.07, 6.45) is 2.30. The number of rotatable bonds is 5. The SMILES string of the molecule is Cc1ccc(NCC(=O)N2CCCCN(C)C(=O)c3ccccc3OC[C@@H]2Cc2ccccc2)cc1. The molecule has 4 rings (SSSR count). The van der Waals surface area contributed by atoms with Crippen LogP contribution >= 0.6 is 0 Å². The highest BCUT2D eigenvalue weighted by molar-refractivity contribution is 5.96. The molecule has 0 unspecified atom stereocenters. The normalized spacial score (nSPS) is 16.8. The maximum absolute atomic E-state index is 13.6. The highest BCUT2D eigenvalue weighted by Gasteiger charge is 2.26. The summed E-state index contributed by atoms with van der Waals surface area (Å²) in [6, 6.07) is 25.4. The highest BCUT2D eigenvalue weighted by Crippen LogP contribution is 2.22.